The molecule has 4 nitrogen and oxygen atoms in total. The van der Waals surface area contributed by atoms with Crippen molar-refractivity contribution in [3.05, 3.63) is 29.8 Å². The van der Waals surface area contributed by atoms with Crippen LogP contribution in [0.5, 0.6) is 5.75 Å². The number of rotatable bonds is 10. The third kappa shape index (κ3) is 4.61. The van der Waals surface area contributed by atoms with E-state index in [4.69, 9.17) is 14.2 Å². The first-order chi connectivity index (χ1) is 18.4. The van der Waals surface area contributed by atoms with Crippen LogP contribution in [0.4, 0.5) is 0 Å². The molecule has 8 saturated carbocycles. The minimum atomic E-state index is -0.261. The summed E-state index contributed by atoms with van der Waals surface area (Å²) in [4.78, 5) is 13.4. The van der Waals surface area contributed by atoms with Crippen molar-refractivity contribution in [1.82, 2.24) is 0 Å². The Hall–Kier alpha value is -1.55. The van der Waals surface area contributed by atoms with Gasteiger partial charge in [0.15, 0.2) is 0 Å². The fourth-order valence-electron chi connectivity index (χ4n) is 10.8. The number of hydrogen-bond donors (Lipinski definition) is 0. The number of benzene rings is 1. The van der Waals surface area contributed by atoms with Crippen LogP contribution in [-0.4, -0.2) is 25.5 Å². The van der Waals surface area contributed by atoms with Crippen molar-refractivity contribution in [3.63, 3.8) is 0 Å². The van der Waals surface area contributed by atoms with Gasteiger partial charge >= 0.3 is 5.97 Å². The Balaban J connectivity index is 1.02. The molecule has 0 N–H and O–H groups in total. The summed E-state index contributed by atoms with van der Waals surface area (Å²) >= 11 is 0. The minimum Gasteiger partial charge on any atom is -0.464 e. The SMILES string of the molecule is CCC(C)c1ccc(OC(OCCOC(=O)C23CC4CC(CC(C4)C2)C3)C23CC4CC(CC(C4)C2)C3)cc1. The average Bonchev–Trinajstić information content (AvgIpc) is 2.88. The summed E-state index contributed by atoms with van der Waals surface area (Å²) in [5.41, 5.74) is 1.28. The molecule has 0 aliphatic heterocycles. The van der Waals surface area contributed by atoms with Crippen LogP contribution in [0.2, 0.25) is 0 Å². The molecule has 8 aliphatic rings. The van der Waals surface area contributed by atoms with Gasteiger partial charge in [0, 0.05) is 5.41 Å². The lowest BCUT2D eigenvalue weighted by atomic mass is 9.49. The maximum Gasteiger partial charge on any atom is 0.312 e. The smallest absolute Gasteiger partial charge is 0.312 e. The standard InChI is InChI=1S/C34H48O4/c1-3-22(2)29-4-6-30(7-5-29)38-32(34-19-26-13-27(20-34)15-28(14-26)21-34)37-9-8-36-31(35)33-16-23-10-24(17-33)12-25(11-23)18-33/h4-7,22-28,32H,3,8-21H2,1-2H3. The Morgan fingerprint density at radius 2 is 1.29 bits per heavy atom. The molecule has 8 bridgehead atoms. The maximum atomic E-state index is 13.4. The van der Waals surface area contributed by atoms with E-state index in [-0.39, 0.29) is 23.1 Å². The molecule has 8 fully saturated rings. The number of carbonyl (C=O) groups is 1. The highest BCUT2D eigenvalue weighted by atomic mass is 16.7. The number of ether oxygens (including phenoxy) is 3. The molecule has 0 amide bonds. The number of hydrogen-bond acceptors (Lipinski definition) is 4. The van der Waals surface area contributed by atoms with Gasteiger partial charge in [-0.25, -0.2) is 0 Å². The molecule has 0 radical (unpaired) electrons. The Morgan fingerprint density at radius 1 is 0.789 bits per heavy atom. The highest BCUT2D eigenvalue weighted by Crippen LogP contribution is 2.62. The predicted molar refractivity (Wildman–Crippen MR) is 148 cm³/mol. The van der Waals surface area contributed by atoms with Gasteiger partial charge in [0.2, 0.25) is 6.29 Å². The largest absolute Gasteiger partial charge is 0.464 e. The summed E-state index contributed by atoms with van der Waals surface area (Å²) in [6.45, 7) is 5.29. The van der Waals surface area contributed by atoms with Crippen LogP contribution in [0.1, 0.15) is 109 Å². The van der Waals surface area contributed by atoms with Gasteiger partial charge in [-0.05, 0) is 143 Å². The highest BCUT2D eigenvalue weighted by molar-refractivity contribution is 5.77. The van der Waals surface area contributed by atoms with E-state index in [2.05, 4.69) is 38.1 Å². The third-order valence-corrected chi connectivity index (χ3v) is 11.9. The van der Waals surface area contributed by atoms with Crippen LogP contribution in [0, 0.1) is 46.3 Å². The molecule has 8 aliphatic carbocycles. The number of esters is 1. The van der Waals surface area contributed by atoms with Gasteiger partial charge in [-0.1, -0.05) is 26.0 Å². The molecule has 2 unspecified atom stereocenters. The van der Waals surface area contributed by atoms with Crippen molar-refractivity contribution in [2.45, 2.75) is 110 Å². The molecule has 0 saturated heterocycles. The molecular formula is C34H48O4. The molecule has 208 valence electrons. The highest BCUT2D eigenvalue weighted by Gasteiger charge is 2.57. The lowest BCUT2D eigenvalue weighted by molar-refractivity contribution is -0.220. The van der Waals surface area contributed by atoms with Crippen LogP contribution in [0.25, 0.3) is 0 Å². The first-order valence-electron chi connectivity index (χ1n) is 16.0. The second-order valence-corrected chi connectivity index (χ2v) is 14.8. The summed E-state index contributed by atoms with van der Waals surface area (Å²) in [7, 11) is 0. The van der Waals surface area contributed by atoms with Gasteiger partial charge in [0.05, 0.1) is 12.0 Å². The van der Waals surface area contributed by atoms with Gasteiger partial charge < -0.3 is 14.2 Å². The summed E-state index contributed by atoms with van der Waals surface area (Å²) < 4.78 is 19.3. The monoisotopic (exact) mass is 520 g/mol. The zero-order valence-corrected chi connectivity index (χ0v) is 23.7. The van der Waals surface area contributed by atoms with E-state index >= 15 is 0 Å². The van der Waals surface area contributed by atoms with E-state index in [1.54, 1.807) is 0 Å². The molecule has 1 aromatic rings. The van der Waals surface area contributed by atoms with Gasteiger partial charge in [0.1, 0.15) is 12.4 Å². The Labute approximate surface area is 229 Å². The van der Waals surface area contributed by atoms with Crippen LogP contribution < -0.4 is 4.74 Å². The third-order valence-electron chi connectivity index (χ3n) is 11.9. The number of carbonyl (C=O) groups excluding carboxylic acids is 1. The molecular weight excluding hydrogens is 472 g/mol. The van der Waals surface area contributed by atoms with Gasteiger partial charge in [-0.15, -0.1) is 0 Å². The van der Waals surface area contributed by atoms with E-state index in [1.807, 2.05) is 0 Å². The summed E-state index contributed by atoms with van der Waals surface area (Å²) in [6, 6.07) is 8.69. The van der Waals surface area contributed by atoms with Crippen molar-refractivity contribution in [3.8, 4) is 5.75 Å². The van der Waals surface area contributed by atoms with Gasteiger partial charge in [-0.3, -0.25) is 4.79 Å². The van der Waals surface area contributed by atoms with Crippen LogP contribution in [-0.2, 0) is 14.3 Å². The van der Waals surface area contributed by atoms with Crippen LogP contribution >= 0.6 is 0 Å². The summed E-state index contributed by atoms with van der Waals surface area (Å²) in [5, 5.41) is 0. The molecule has 4 heteroatoms. The minimum absolute atomic E-state index is 0.0631. The fourth-order valence-corrected chi connectivity index (χ4v) is 10.8. The first-order valence-corrected chi connectivity index (χ1v) is 16.0. The van der Waals surface area contributed by atoms with Crippen molar-refractivity contribution < 1.29 is 19.0 Å². The molecule has 2 atom stereocenters. The molecule has 9 rings (SSSR count). The fraction of sp³-hybridized carbons (Fsp3) is 0.794. The van der Waals surface area contributed by atoms with Crippen LogP contribution in [0.15, 0.2) is 24.3 Å². The quantitative estimate of drug-likeness (QED) is 0.179. The van der Waals surface area contributed by atoms with E-state index in [9.17, 15) is 4.79 Å². The van der Waals surface area contributed by atoms with E-state index < -0.39 is 0 Å². The molecule has 0 aromatic heterocycles. The molecule has 1 aromatic carbocycles. The van der Waals surface area contributed by atoms with Crippen LogP contribution in [0.3, 0.4) is 0 Å². The molecule has 0 spiro atoms. The van der Waals surface area contributed by atoms with Crippen molar-refractivity contribution in [2.24, 2.45) is 46.3 Å². The van der Waals surface area contributed by atoms with E-state index in [1.165, 1.54) is 63.4 Å². The second-order valence-electron chi connectivity index (χ2n) is 14.8. The Kier molecular flexibility index (Phi) is 6.57. The zero-order chi connectivity index (χ0) is 25.9. The molecule has 0 heterocycles. The predicted octanol–water partition coefficient (Wildman–Crippen LogP) is 7.90. The second kappa shape index (κ2) is 9.82. The Bertz CT molecular complexity index is 941. The van der Waals surface area contributed by atoms with Crippen molar-refractivity contribution in [1.29, 1.82) is 0 Å². The van der Waals surface area contributed by atoms with Crippen molar-refractivity contribution >= 4 is 5.97 Å². The Morgan fingerprint density at radius 3 is 1.79 bits per heavy atom. The van der Waals surface area contributed by atoms with Gasteiger partial charge in [0.25, 0.3) is 0 Å². The van der Waals surface area contributed by atoms with Crippen molar-refractivity contribution in [2.75, 3.05) is 13.2 Å². The average molecular weight is 521 g/mol. The first kappa shape index (κ1) is 25.4. The molecule has 38 heavy (non-hydrogen) atoms. The summed E-state index contributed by atoms with van der Waals surface area (Å²) in [5.74, 6) is 6.29. The normalized spacial score (nSPS) is 41.7. The van der Waals surface area contributed by atoms with Gasteiger partial charge in [-0.2, -0.15) is 0 Å². The topological polar surface area (TPSA) is 44.8 Å². The van der Waals surface area contributed by atoms with E-state index in [0.29, 0.717) is 19.1 Å². The van der Waals surface area contributed by atoms with E-state index in [0.717, 1.165) is 66.9 Å². The summed E-state index contributed by atoms with van der Waals surface area (Å²) in [6.07, 6.45) is 16.0. The lowest BCUT2D eigenvalue weighted by Gasteiger charge is -2.58. The lowest BCUT2D eigenvalue weighted by Crippen LogP contribution is -2.54. The maximum absolute atomic E-state index is 13.4. The zero-order valence-electron chi connectivity index (χ0n) is 23.7.